The Morgan fingerprint density at radius 2 is 2.04 bits per heavy atom. The molecule has 26 heavy (non-hydrogen) atoms. The Balaban J connectivity index is 1.78. The maximum absolute atomic E-state index is 4.58. The highest BCUT2D eigenvalue weighted by Gasteiger charge is 2.10. The highest BCUT2D eigenvalue weighted by Crippen LogP contribution is 2.07. The summed E-state index contributed by atoms with van der Waals surface area (Å²) in [6, 6.07) is 11.1. The predicted molar refractivity (Wildman–Crippen MR) is 106 cm³/mol. The summed E-state index contributed by atoms with van der Waals surface area (Å²) in [5, 5.41) is 14.6. The van der Waals surface area contributed by atoms with Crippen LogP contribution in [0.25, 0.3) is 0 Å². The number of nitrogens with one attached hydrogen (secondary N) is 2. The SMILES string of the molecule is CCNC(=NCc1nncn1C)NCCC(C)N(C)Cc1ccccc1. The van der Waals surface area contributed by atoms with Crippen molar-refractivity contribution in [3.63, 3.8) is 0 Å². The number of aryl methyl sites for hydroxylation is 1. The molecule has 0 spiro atoms. The number of aromatic nitrogens is 3. The van der Waals surface area contributed by atoms with E-state index < -0.39 is 0 Å². The Kier molecular flexibility index (Phi) is 8.08. The minimum Gasteiger partial charge on any atom is -0.357 e. The molecule has 0 aliphatic heterocycles. The van der Waals surface area contributed by atoms with Crippen LogP contribution in [0, 0.1) is 0 Å². The van der Waals surface area contributed by atoms with Gasteiger partial charge in [0.25, 0.3) is 0 Å². The second kappa shape index (κ2) is 10.6. The van der Waals surface area contributed by atoms with Crippen LogP contribution in [0.15, 0.2) is 41.7 Å². The average molecular weight is 358 g/mol. The van der Waals surface area contributed by atoms with E-state index in [4.69, 9.17) is 0 Å². The molecule has 0 saturated carbocycles. The maximum Gasteiger partial charge on any atom is 0.191 e. The summed E-state index contributed by atoms with van der Waals surface area (Å²) in [7, 11) is 4.10. The van der Waals surface area contributed by atoms with Gasteiger partial charge in [0.05, 0.1) is 0 Å². The summed E-state index contributed by atoms with van der Waals surface area (Å²) in [6.07, 6.45) is 2.73. The quantitative estimate of drug-likeness (QED) is 0.529. The van der Waals surface area contributed by atoms with Crippen molar-refractivity contribution < 1.29 is 0 Å². The molecule has 0 fully saturated rings. The zero-order valence-corrected chi connectivity index (χ0v) is 16.3. The lowest BCUT2D eigenvalue weighted by Gasteiger charge is -2.25. The molecule has 1 aromatic heterocycles. The van der Waals surface area contributed by atoms with E-state index in [1.165, 1.54) is 5.56 Å². The first-order valence-electron chi connectivity index (χ1n) is 9.19. The third-order valence-corrected chi connectivity index (χ3v) is 4.41. The van der Waals surface area contributed by atoms with Crippen molar-refractivity contribution in [2.75, 3.05) is 20.1 Å². The van der Waals surface area contributed by atoms with E-state index in [-0.39, 0.29) is 0 Å². The minimum atomic E-state index is 0.476. The van der Waals surface area contributed by atoms with E-state index in [9.17, 15) is 0 Å². The van der Waals surface area contributed by atoms with Gasteiger partial charge in [0, 0.05) is 32.7 Å². The number of hydrogen-bond donors (Lipinski definition) is 2. The summed E-state index contributed by atoms with van der Waals surface area (Å²) >= 11 is 0. The van der Waals surface area contributed by atoms with Crippen LogP contribution < -0.4 is 10.6 Å². The number of benzene rings is 1. The van der Waals surface area contributed by atoms with Crippen molar-refractivity contribution in [3.8, 4) is 0 Å². The first-order chi connectivity index (χ1) is 12.6. The van der Waals surface area contributed by atoms with Crippen LogP contribution in [-0.2, 0) is 20.1 Å². The van der Waals surface area contributed by atoms with E-state index in [0.29, 0.717) is 12.6 Å². The fourth-order valence-electron chi connectivity index (χ4n) is 2.59. The van der Waals surface area contributed by atoms with Gasteiger partial charge in [0.1, 0.15) is 12.9 Å². The fraction of sp³-hybridized carbons (Fsp3) is 0.526. The van der Waals surface area contributed by atoms with Gasteiger partial charge in [-0.1, -0.05) is 30.3 Å². The number of hydrogen-bond acceptors (Lipinski definition) is 4. The van der Waals surface area contributed by atoms with E-state index in [1.54, 1.807) is 6.33 Å². The Morgan fingerprint density at radius 3 is 2.69 bits per heavy atom. The molecule has 0 saturated heterocycles. The number of rotatable bonds is 9. The molecule has 1 atom stereocenters. The molecule has 1 heterocycles. The first kappa shape index (κ1) is 19.9. The summed E-state index contributed by atoms with van der Waals surface area (Å²) in [4.78, 5) is 6.96. The standard InChI is InChI=1S/C19H31N7/c1-5-20-19(22-13-18-24-23-15-26(18)4)21-12-11-16(2)25(3)14-17-9-7-6-8-10-17/h6-10,15-16H,5,11-14H2,1-4H3,(H2,20,21,22). The molecular weight excluding hydrogens is 326 g/mol. The monoisotopic (exact) mass is 357 g/mol. The third-order valence-electron chi connectivity index (χ3n) is 4.41. The second-order valence-corrected chi connectivity index (χ2v) is 6.52. The Morgan fingerprint density at radius 1 is 1.27 bits per heavy atom. The van der Waals surface area contributed by atoms with Crippen LogP contribution in [-0.4, -0.2) is 51.8 Å². The molecule has 2 aromatic rings. The molecule has 0 aliphatic rings. The van der Waals surface area contributed by atoms with Gasteiger partial charge >= 0.3 is 0 Å². The maximum atomic E-state index is 4.58. The largest absolute Gasteiger partial charge is 0.357 e. The van der Waals surface area contributed by atoms with E-state index >= 15 is 0 Å². The van der Waals surface area contributed by atoms with Gasteiger partial charge in [-0.15, -0.1) is 10.2 Å². The van der Waals surface area contributed by atoms with Gasteiger partial charge in [-0.05, 0) is 32.9 Å². The summed E-state index contributed by atoms with van der Waals surface area (Å²) in [5.41, 5.74) is 1.34. The Labute approximate surface area is 156 Å². The highest BCUT2D eigenvalue weighted by molar-refractivity contribution is 5.79. The molecule has 142 valence electrons. The number of guanidine groups is 1. The van der Waals surface area contributed by atoms with Crippen LogP contribution in [0.1, 0.15) is 31.7 Å². The Hall–Kier alpha value is -2.41. The second-order valence-electron chi connectivity index (χ2n) is 6.52. The van der Waals surface area contributed by atoms with Crippen LogP contribution in [0.3, 0.4) is 0 Å². The van der Waals surface area contributed by atoms with E-state index in [2.05, 4.69) is 82.0 Å². The lowest BCUT2D eigenvalue weighted by molar-refractivity contribution is 0.238. The van der Waals surface area contributed by atoms with Crippen LogP contribution in [0.5, 0.6) is 0 Å². The molecule has 0 amide bonds. The third kappa shape index (κ3) is 6.48. The minimum absolute atomic E-state index is 0.476. The molecule has 1 aromatic carbocycles. The zero-order valence-electron chi connectivity index (χ0n) is 16.3. The molecular formula is C19H31N7. The summed E-state index contributed by atoms with van der Waals surface area (Å²) < 4.78 is 1.88. The lowest BCUT2D eigenvalue weighted by atomic mass is 10.1. The van der Waals surface area contributed by atoms with Crippen molar-refractivity contribution in [2.45, 2.75) is 39.4 Å². The molecule has 1 unspecified atom stereocenters. The van der Waals surface area contributed by atoms with Gasteiger partial charge in [0.15, 0.2) is 11.8 Å². The first-order valence-corrected chi connectivity index (χ1v) is 9.19. The van der Waals surface area contributed by atoms with Gasteiger partial charge in [0.2, 0.25) is 0 Å². The van der Waals surface area contributed by atoms with Gasteiger partial charge < -0.3 is 15.2 Å². The zero-order chi connectivity index (χ0) is 18.8. The number of nitrogens with zero attached hydrogens (tertiary/aromatic N) is 5. The lowest BCUT2D eigenvalue weighted by Crippen LogP contribution is -2.40. The van der Waals surface area contributed by atoms with Gasteiger partial charge in [-0.2, -0.15) is 0 Å². The van der Waals surface area contributed by atoms with Gasteiger partial charge in [-0.25, -0.2) is 4.99 Å². The highest BCUT2D eigenvalue weighted by atomic mass is 15.3. The fourth-order valence-corrected chi connectivity index (χ4v) is 2.59. The van der Waals surface area contributed by atoms with E-state index in [1.807, 2.05) is 11.6 Å². The average Bonchev–Trinajstić information content (AvgIpc) is 3.05. The summed E-state index contributed by atoms with van der Waals surface area (Å²) in [5.74, 6) is 1.66. The van der Waals surface area contributed by atoms with Gasteiger partial charge in [-0.3, -0.25) is 4.90 Å². The molecule has 7 heteroatoms. The molecule has 0 aliphatic carbocycles. The predicted octanol–water partition coefficient (Wildman–Crippen LogP) is 1.78. The Bertz CT molecular complexity index is 666. The topological polar surface area (TPSA) is 70.4 Å². The van der Waals surface area contributed by atoms with Crippen molar-refractivity contribution in [3.05, 3.63) is 48.0 Å². The molecule has 7 nitrogen and oxygen atoms in total. The van der Waals surface area contributed by atoms with Crippen LogP contribution in [0.4, 0.5) is 0 Å². The molecule has 2 N–H and O–H groups in total. The molecule has 0 radical (unpaired) electrons. The van der Waals surface area contributed by atoms with Crippen LogP contribution in [0.2, 0.25) is 0 Å². The van der Waals surface area contributed by atoms with Crippen molar-refractivity contribution in [1.82, 2.24) is 30.3 Å². The van der Waals surface area contributed by atoms with Crippen molar-refractivity contribution in [2.24, 2.45) is 12.0 Å². The summed E-state index contributed by atoms with van der Waals surface area (Å²) in [6.45, 7) is 7.49. The van der Waals surface area contributed by atoms with E-state index in [0.717, 1.165) is 37.8 Å². The van der Waals surface area contributed by atoms with Crippen molar-refractivity contribution >= 4 is 5.96 Å². The normalized spacial score (nSPS) is 13.0. The molecule has 0 bridgehead atoms. The molecule has 2 rings (SSSR count). The van der Waals surface area contributed by atoms with Crippen molar-refractivity contribution in [1.29, 1.82) is 0 Å². The van der Waals surface area contributed by atoms with Crippen LogP contribution >= 0.6 is 0 Å². The smallest absolute Gasteiger partial charge is 0.191 e. The number of aliphatic imine (C=N–C) groups is 1.